The predicted molar refractivity (Wildman–Crippen MR) is 97.5 cm³/mol. The van der Waals surface area contributed by atoms with Crippen LogP contribution in [0.2, 0.25) is 0 Å². The van der Waals surface area contributed by atoms with Gasteiger partial charge in [0.2, 0.25) is 0 Å². The number of para-hydroxylation sites is 2. The van der Waals surface area contributed by atoms with Crippen molar-refractivity contribution in [2.24, 2.45) is 0 Å². The van der Waals surface area contributed by atoms with Gasteiger partial charge in [-0.15, -0.1) is 0 Å². The predicted octanol–water partition coefficient (Wildman–Crippen LogP) is 1.37. The fourth-order valence-corrected chi connectivity index (χ4v) is 3.74. The Kier molecular flexibility index (Phi) is 4.36. The third-order valence-corrected chi connectivity index (χ3v) is 5.19. The van der Waals surface area contributed by atoms with Gasteiger partial charge in [-0.25, -0.2) is 4.98 Å². The van der Waals surface area contributed by atoms with Crippen molar-refractivity contribution in [3.63, 3.8) is 0 Å². The number of likely N-dealkylation sites (tertiary alicyclic amines) is 1. The van der Waals surface area contributed by atoms with Gasteiger partial charge in [0.05, 0.1) is 24.3 Å². The molecule has 0 unspecified atom stereocenters. The van der Waals surface area contributed by atoms with E-state index < -0.39 is 6.10 Å². The summed E-state index contributed by atoms with van der Waals surface area (Å²) in [6, 6.07) is 9.33. The number of hydrogen-bond donors (Lipinski definition) is 1. The molecule has 3 heterocycles. The van der Waals surface area contributed by atoms with E-state index in [4.69, 9.17) is 4.74 Å². The van der Waals surface area contributed by atoms with Crippen molar-refractivity contribution < 1.29 is 9.53 Å². The van der Waals surface area contributed by atoms with Gasteiger partial charge in [0.25, 0.3) is 11.5 Å². The van der Waals surface area contributed by atoms with E-state index in [9.17, 15) is 9.59 Å². The van der Waals surface area contributed by atoms with E-state index in [2.05, 4.69) is 14.9 Å². The Morgan fingerprint density at radius 1 is 1.27 bits per heavy atom. The number of nitrogens with one attached hydrogen (secondary N) is 1. The first kappa shape index (κ1) is 16.6. The number of fused-ring (bicyclic) bond motifs is 1. The van der Waals surface area contributed by atoms with Crippen molar-refractivity contribution in [2.45, 2.75) is 24.9 Å². The SMILES string of the molecule is CN1C[C@H](C(=O)N2CCC(c3cc(=O)[nH]cn3)CC2)Oc2ccccc21. The Morgan fingerprint density at radius 2 is 2.04 bits per heavy atom. The smallest absolute Gasteiger partial charge is 0.265 e. The molecule has 136 valence electrons. The summed E-state index contributed by atoms with van der Waals surface area (Å²) in [5, 5.41) is 0. The summed E-state index contributed by atoms with van der Waals surface area (Å²) < 4.78 is 5.95. The standard InChI is InChI=1S/C19H22N4O3/c1-22-11-17(26-16-5-3-2-4-15(16)22)19(25)23-8-6-13(7-9-23)14-10-18(24)21-12-20-14/h2-5,10,12-13,17H,6-9,11H2,1H3,(H,20,21,24)/t17-/m1/s1. The minimum Gasteiger partial charge on any atom is -0.477 e. The number of carbonyl (C=O) groups excluding carboxylic acids is 1. The summed E-state index contributed by atoms with van der Waals surface area (Å²) >= 11 is 0. The van der Waals surface area contributed by atoms with Gasteiger partial charge in [-0.2, -0.15) is 0 Å². The summed E-state index contributed by atoms with van der Waals surface area (Å²) in [6.45, 7) is 1.86. The van der Waals surface area contributed by atoms with Gasteiger partial charge in [-0.3, -0.25) is 9.59 Å². The van der Waals surface area contributed by atoms with Crippen LogP contribution in [0.5, 0.6) is 5.75 Å². The molecule has 1 aromatic heterocycles. The second-order valence-electron chi connectivity index (χ2n) is 6.89. The van der Waals surface area contributed by atoms with E-state index in [1.807, 2.05) is 36.2 Å². The summed E-state index contributed by atoms with van der Waals surface area (Å²) in [4.78, 5) is 35.1. The molecule has 7 nitrogen and oxygen atoms in total. The van der Waals surface area contributed by atoms with Crippen molar-refractivity contribution in [3.05, 3.63) is 52.7 Å². The lowest BCUT2D eigenvalue weighted by atomic mass is 9.93. The molecule has 2 aliphatic rings. The van der Waals surface area contributed by atoms with Crippen LogP contribution in [0.4, 0.5) is 5.69 Å². The molecule has 1 fully saturated rings. The lowest BCUT2D eigenvalue weighted by Gasteiger charge is -2.38. The lowest BCUT2D eigenvalue weighted by molar-refractivity contribution is -0.139. The summed E-state index contributed by atoms with van der Waals surface area (Å²) in [6.07, 6.45) is 2.57. The topological polar surface area (TPSA) is 78.5 Å². The van der Waals surface area contributed by atoms with Crippen molar-refractivity contribution in [2.75, 3.05) is 31.6 Å². The van der Waals surface area contributed by atoms with Crippen LogP contribution in [0, 0.1) is 0 Å². The van der Waals surface area contributed by atoms with Gasteiger partial charge in [0, 0.05) is 32.1 Å². The van der Waals surface area contributed by atoms with Crippen LogP contribution in [-0.4, -0.2) is 53.6 Å². The Bertz CT molecular complexity index is 858. The molecule has 0 spiro atoms. The van der Waals surface area contributed by atoms with E-state index in [0.717, 1.165) is 30.0 Å². The average molecular weight is 354 g/mol. The number of amides is 1. The van der Waals surface area contributed by atoms with Gasteiger partial charge in [0.15, 0.2) is 6.10 Å². The zero-order valence-corrected chi connectivity index (χ0v) is 14.7. The van der Waals surface area contributed by atoms with E-state index >= 15 is 0 Å². The molecule has 1 atom stereocenters. The highest BCUT2D eigenvalue weighted by molar-refractivity contribution is 5.83. The minimum absolute atomic E-state index is 0.0312. The molecule has 0 aliphatic carbocycles. The first-order chi connectivity index (χ1) is 12.6. The van der Waals surface area contributed by atoms with Crippen molar-refractivity contribution >= 4 is 11.6 Å². The molecule has 1 amide bonds. The Balaban J connectivity index is 1.40. The Hall–Kier alpha value is -2.83. The quantitative estimate of drug-likeness (QED) is 0.881. The van der Waals surface area contributed by atoms with Gasteiger partial charge in [-0.05, 0) is 25.0 Å². The zero-order valence-electron chi connectivity index (χ0n) is 14.7. The molecule has 1 saturated heterocycles. The maximum absolute atomic E-state index is 12.9. The molecule has 7 heteroatoms. The Morgan fingerprint density at radius 3 is 2.81 bits per heavy atom. The largest absolute Gasteiger partial charge is 0.477 e. The van der Waals surface area contributed by atoms with Crippen molar-refractivity contribution in [3.8, 4) is 5.75 Å². The summed E-state index contributed by atoms with van der Waals surface area (Å²) in [7, 11) is 1.98. The van der Waals surface area contributed by atoms with E-state index in [1.54, 1.807) is 6.07 Å². The van der Waals surface area contributed by atoms with Crippen LogP contribution in [0.15, 0.2) is 41.5 Å². The van der Waals surface area contributed by atoms with Crippen molar-refractivity contribution in [1.82, 2.24) is 14.9 Å². The number of ether oxygens (including phenoxy) is 1. The van der Waals surface area contributed by atoms with Gasteiger partial charge in [-0.1, -0.05) is 12.1 Å². The molecule has 0 radical (unpaired) electrons. The number of aromatic amines is 1. The number of benzene rings is 1. The van der Waals surface area contributed by atoms with Crippen molar-refractivity contribution in [1.29, 1.82) is 0 Å². The van der Waals surface area contributed by atoms with Gasteiger partial charge < -0.3 is 19.5 Å². The molecule has 1 aromatic carbocycles. The second kappa shape index (κ2) is 6.82. The molecule has 26 heavy (non-hydrogen) atoms. The first-order valence-electron chi connectivity index (χ1n) is 8.92. The van der Waals surface area contributed by atoms with Gasteiger partial charge in [0.1, 0.15) is 5.75 Å². The maximum Gasteiger partial charge on any atom is 0.265 e. The number of anilines is 1. The lowest BCUT2D eigenvalue weighted by Crippen LogP contribution is -2.51. The second-order valence-corrected chi connectivity index (χ2v) is 6.89. The van der Waals surface area contributed by atoms with Crippen LogP contribution in [0.3, 0.4) is 0 Å². The number of hydrogen-bond acceptors (Lipinski definition) is 5. The number of aromatic nitrogens is 2. The molecule has 0 saturated carbocycles. The number of piperidine rings is 1. The molecule has 4 rings (SSSR count). The minimum atomic E-state index is -0.482. The highest BCUT2D eigenvalue weighted by Crippen LogP contribution is 2.33. The highest BCUT2D eigenvalue weighted by Gasteiger charge is 2.34. The van der Waals surface area contributed by atoms with E-state index in [-0.39, 0.29) is 17.4 Å². The highest BCUT2D eigenvalue weighted by atomic mass is 16.5. The fraction of sp³-hybridized carbons (Fsp3) is 0.421. The van der Waals surface area contributed by atoms with E-state index in [0.29, 0.717) is 19.6 Å². The zero-order chi connectivity index (χ0) is 18.1. The molecular formula is C19H22N4O3. The first-order valence-corrected chi connectivity index (χ1v) is 8.92. The molecule has 0 bridgehead atoms. The van der Waals surface area contributed by atoms with Crippen LogP contribution in [0.25, 0.3) is 0 Å². The van der Waals surface area contributed by atoms with Crippen LogP contribution >= 0.6 is 0 Å². The number of carbonyl (C=O) groups is 1. The third-order valence-electron chi connectivity index (χ3n) is 5.19. The third kappa shape index (κ3) is 3.16. The maximum atomic E-state index is 12.9. The summed E-state index contributed by atoms with van der Waals surface area (Å²) in [5.74, 6) is 1.00. The van der Waals surface area contributed by atoms with Crippen LogP contribution < -0.4 is 15.2 Å². The number of nitrogens with zero attached hydrogens (tertiary/aromatic N) is 3. The number of likely N-dealkylation sites (N-methyl/N-ethyl adjacent to an activating group) is 1. The van der Waals surface area contributed by atoms with Crippen LogP contribution in [0.1, 0.15) is 24.5 Å². The molecule has 2 aromatic rings. The number of rotatable bonds is 2. The number of H-pyrrole nitrogens is 1. The fourth-order valence-electron chi connectivity index (χ4n) is 3.74. The summed E-state index contributed by atoms with van der Waals surface area (Å²) in [5.41, 5.74) is 1.69. The van der Waals surface area contributed by atoms with Gasteiger partial charge >= 0.3 is 0 Å². The average Bonchev–Trinajstić information content (AvgIpc) is 2.67. The monoisotopic (exact) mass is 354 g/mol. The molecule has 2 aliphatic heterocycles. The molecule has 1 N–H and O–H groups in total. The molecular weight excluding hydrogens is 332 g/mol. The van der Waals surface area contributed by atoms with Crippen LogP contribution in [-0.2, 0) is 4.79 Å². The van der Waals surface area contributed by atoms with E-state index in [1.165, 1.54) is 6.33 Å². The normalized spacial score (nSPS) is 20.4. The Labute approximate surface area is 151 Å².